The van der Waals surface area contributed by atoms with Gasteiger partial charge in [0, 0.05) is 13.1 Å². The number of hydrogen-bond acceptors (Lipinski definition) is 6. The van der Waals surface area contributed by atoms with E-state index in [0.717, 1.165) is 0 Å². The van der Waals surface area contributed by atoms with E-state index in [4.69, 9.17) is 9.15 Å². The van der Waals surface area contributed by atoms with Gasteiger partial charge in [-0.25, -0.2) is 0 Å². The number of aliphatic hydroxyl groups excluding tert-OH is 1. The molecule has 0 unspecified atom stereocenters. The van der Waals surface area contributed by atoms with Gasteiger partial charge in [0.15, 0.2) is 11.5 Å². The second-order valence-corrected chi connectivity index (χ2v) is 6.78. The summed E-state index contributed by atoms with van der Waals surface area (Å²) >= 11 is 0. The van der Waals surface area contributed by atoms with Gasteiger partial charge in [-0.05, 0) is 50.8 Å². The van der Waals surface area contributed by atoms with Crippen LogP contribution in [0.3, 0.4) is 0 Å². The zero-order chi connectivity index (χ0) is 20.3. The lowest BCUT2D eigenvalue weighted by Gasteiger charge is -2.28. The first kappa shape index (κ1) is 19.7. The lowest BCUT2D eigenvalue weighted by Crippen LogP contribution is -2.36. The van der Waals surface area contributed by atoms with E-state index >= 15 is 0 Å². The number of likely N-dealkylation sites (N-methyl/N-ethyl adjacent to an activating group) is 1. The van der Waals surface area contributed by atoms with Crippen LogP contribution in [0.25, 0.3) is 0 Å². The number of Topliss-reactive ketones (excluding diaryl/α,β-unsaturated/α-hetero) is 1. The average Bonchev–Trinajstić information content (AvgIpc) is 3.28. The molecule has 0 radical (unpaired) electrons. The molecular formula is C21H24N2O5. The number of rotatable bonds is 8. The maximum absolute atomic E-state index is 13.0. The molecule has 0 saturated heterocycles. The van der Waals surface area contributed by atoms with Crippen molar-refractivity contribution in [3.8, 4) is 5.75 Å². The van der Waals surface area contributed by atoms with Crippen molar-refractivity contribution in [1.82, 2.24) is 9.80 Å². The van der Waals surface area contributed by atoms with Crippen molar-refractivity contribution in [2.75, 3.05) is 33.8 Å². The Bertz CT molecular complexity index is 886. The number of amides is 1. The Balaban J connectivity index is 2.05. The third-order valence-electron chi connectivity index (χ3n) is 4.57. The van der Waals surface area contributed by atoms with Crippen LogP contribution in [0.5, 0.6) is 5.75 Å². The molecule has 1 N–H and O–H groups in total. The summed E-state index contributed by atoms with van der Waals surface area (Å²) in [7, 11) is 3.79. The predicted octanol–water partition coefficient (Wildman–Crippen LogP) is 2.82. The molecule has 1 aliphatic rings. The van der Waals surface area contributed by atoms with Gasteiger partial charge in [0.2, 0.25) is 5.78 Å². The van der Waals surface area contributed by atoms with E-state index in [1.165, 1.54) is 17.2 Å². The van der Waals surface area contributed by atoms with E-state index in [2.05, 4.69) is 0 Å². The zero-order valence-corrected chi connectivity index (χ0v) is 16.2. The van der Waals surface area contributed by atoms with Crippen LogP contribution in [-0.2, 0) is 4.79 Å². The molecule has 1 aromatic heterocycles. The van der Waals surface area contributed by atoms with E-state index in [1.54, 1.807) is 18.2 Å². The Morgan fingerprint density at radius 1 is 1.29 bits per heavy atom. The van der Waals surface area contributed by atoms with Crippen molar-refractivity contribution < 1.29 is 23.8 Å². The summed E-state index contributed by atoms with van der Waals surface area (Å²) < 4.78 is 10.8. The first-order chi connectivity index (χ1) is 13.4. The molecule has 0 spiro atoms. The van der Waals surface area contributed by atoms with Crippen molar-refractivity contribution in [3.63, 3.8) is 0 Å². The van der Waals surface area contributed by atoms with Crippen LogP contribution in [0.2, 0.25) is 0 Å². The number of aliphatic hydroxyl groups is 1. The number of ketones is 1. The van der Waals surface area contributed by atoms with Gasteiger partial charge in [-0.3, -0.25) is 9.59 Å². The number of carbonyl (C=O) groups is 2. The maximum atomic E-state index is 13.0. The van der Waals surface area contributed by atoms with Crippen LogP contribution in [0.15, 0.2) is 58.4 Å². The Morgan fingerprint density at radius 3 is 2.71 bits per heavy atom. The van der Waals surface area contributed by atoms with Crippen molar-refractivity contribution in [2.24, 2.45) is 0 Å². The fourth-order valence-corrected chi connectivity index (χ4v) is 3.25. The van der Waals surface area contributed by atoms with Crippen LogP contribution < -0.4 is 4.74 Å². The molecule has 1 aliphatic heterocycles. The zero-order valence-electron chi connectivity index (χ0n) is 16.2. The Morgan fingerprint density at radius 2 is 2.07 bits per heavy atom. The normalized spacial score (nSPS) is 16.9. The largest absolute Gasteiger partial charge is 0.503 e. The number of benzene rings is 1. The average molecular weight is 384 g/mol. The molecule has 148 valence electrons. The van der Waals surface area contributed by atoms with Gasteiger partial charge in [-0.2, -0.15) is 0 Å². The third kappa shape index (κ3) is 3.80. The Labute approximate surface area is 163 Å². The van der Waals surface area contributed by atoms with E-state index in [1.807, 2.05) is 38.1 Å². The van der Waals surface area contributed by atoms with Gasteiger partial charge < -0.3 is 24.1 Å². The van der Waals surface area contributed by atoms with Gasteiger partial charge in [-0.1, -0.05) is 12.1 Å². The second kappa shape index (κ2) is 8.31. The van der Waals surface area contributed by atoms with Gasteiger partial charge in [0.1, 0.15) is 5.75 Å². The van der Waals surface area contributed by atoms with Gasteiger partial charge in [0.25, 0.3) is 5.91 Å². The minimum Gasteiger partial charge on any atom is -0.503 e. The van der Waals surface area contributed by atoms with Crippen molar-refractivity contribution in [2.45, 2.75) is 13.0 Å². The lowest BCUT2D eigenvalue weighted by molar-refractivity contribution is -0.129. The summed E-state index contributed by atoms with van der Waals surface area (Å²) in [5.41, 5.74) is 0.712. The molecule has 1 aromatic carbocycles. The van der Waals surface area contributed by atoms with E-state index < -0.39 is 23.5 Å². The minimum atomic E-state index is -0.717. The highest BCUT2D eigenvalue weighted by atomic mass is 16.5. The topological polar surface area (TPSA) is 83.2 Å². The summed E-state index contributed by atoms with van der Waals surface area (Å²) in [5, 5.41) is 10.5. The van der Waals surface area contributed by atoms with E-state index in [9.17, 15) is 14.7 Å². The predicted molar refractivity (Wildman–Crippen MR) is 103 cm³/mol. The molecule has 0 saturated carbocycles. The highest BCUT2D eigenvalue weighted by molar-refractivity contribution is 6.15. The van der Waals surface area contributed by atoms with Crippen molar-refractivity contribution in [3.05, 3.63) is 65.3 Å². The first-order valence-electron chi connectivity index (χ1n) is 9.13. The molecule has 0 bridgehead atoms. The molecule has 7 heteroatoms. The molecule has 0 aliphatic carbocycles. The number of ether oxygens (including phenoxy) is 1. The Hall–Kier alpha value is -3.06. The van der Waals surface area contributed by atoms with Crippen LogP contribution >= 0.6 is 0 Å². The second-order valence-electron chi connectivity index (χ2n) is 6.78. The molecule has 1 atom stereocenters. The van der Waals surface area contributed by atoms with Gasteiger partial charge in [-0.15, -0.1) is 0 Å². The fourth-order valence-electron chi connectivity index (χ4n) is 3.25. The number of carbonyl (C=O) groups excluding carboxylic acids is 2. The summed E-state index contributed by atoms with van der Waals surface area (Å²) in [5.74, 6) is -0.892. The molecule has 1 amide bonds. The molecule has 7 nitrogen and oxygen atoms in total. The lowest BCUT2D eigenvalue weighted by atomic mass is 9.95. The molecule has 3 rings (SSSR count). The van der Waals surface area contributed by atoms with E-state index in [-0.39, 0.29) is 11.3 Å². The third-order valence-corrected chi connectivity index (χ3v) is 4.57. The van der Waals surface area contributed by atoms with Crippen molar-refractivity contribution in [1.29, 1.82) is 0 Å². The molecule has 28 heavy (non-hydrogen) atoms. The van der Waals surface area contributed by atoms with Gasteiger partial charge >= 0.3 is 0 Å². The summed E-state index contributed by atoms with van der Waals surface area (Å²) in [4.78, 5) is 29.2. The Kier molecular flexibility index (Phi) is 5.84. The standard InChI is InChI=1S/C21H24N2O5/c1-4-27-15-8-5-7-14(13-15)18-17(19(24)16-9-6-12-28-16)20(25)21(26)23(18)11-10-22(2)3/h5-9,12-13,18,25H,4,10-11H2,1-3H3/t18-/m1/s1. The van der Waals surface area contributed by atoms with Crippen LogP contribution in [0.1, 0.15) is 29.1 Å². The van der Waals surface area contributed by atoms with Crippen LogP contribution in [-0.4, -0.2) is 60.4 Å². The fraction of sp³-hybridized carbons (Fsp3) is 0.333. The highest BCUT2D eigenvalue weighted by Gasteiger charge is 2.44. The smallest absolute Gasteiger partial charge is 0.290 e. The number of furan rings is 1. The maximum Gasteiger partial charge on any atom is 0.290 e. The summed E-state index contributed by atoms with van der Waals surface area (Å²) in [6.07, 6.45) is 1.39. The SMILES string of the molecule is CCOc1cccc([C@@H]2C(C(=O)c3ccco3)=C(O)C(=O)N2CCN(C)C)c1. The van der Waals surface area contributed by atoms with Crippen molar-refractivity contribution >= 4 is 11.7 Å². The molecule has 0 fully saturated rings. The first-order valence-corrected chi connectivity index (χ1v) is 9.13. The van der Waals surface area contributed by atoms with E-state index in [0.29, 0.717) is 31.0 Å². The molecule has 2 aromatic rings. The quantitative estimate of drug-likeness (QED) is 0.705. The van der Waals surface area contributed by atoms with Crippen LogP contribution in [0, 0.1) is 0 Å². The highest BCUT2D eigenvalue weighted by Crippen LogP contribution is 2.39. The number of hydrogen-bond donors (Lipinski definition) is 1. The number of nitrogens with zero attached hydrogens (tertiary/aromatic N) is 2. The van der Waals surface area contributed by atoms with Gasteiger partial charge in [0.05, 0.1) is 24.5 Å². The molecular weight excluding hydrogens is 360 g/mol. The molecule has 2 heterocycles. The monoisotopic (exact) mass is 384 g/mol. The minimum absolute atomic E-state index is 0.0207. The summed E-state index contributed by atoms with van der Waals surface area (Å²) in [6.45, 7) is 3.32. The summed E-state index contributed by atoms with van der Waals surface area (Å²) in [6, 6.07) is 9.62. The van der Waals surface area contributed by atoms with Crippen LogP contribution in [0.4, 0.5) is 0 Å².